The third kappa shape index (κ3) is 6.58. The Balaban J connectivity index is 1.53. The van der Waals surface area contributed by atoms with Crippen LogP contribution < -0.4 is 24.6 Å². The monoisotopic (exact) mass is 622 g/mol. The minimum atomic E-state index is -1.60. The summed E-state index contributed by atoms with van der Waals surface area (Å²) >= 11 is 0. The Labute approximate surface area is 258 Å². The molecule has 0 radical (unpaired) electrons. The number of anilines is 4. The van der Waals surface area contributed by atoms with Crippen molar-refractivity contribution in [2.45, 2.75) is 19.0 Å². The average molecular weight is 623 g/mol. The summed E-state index contributed by atoms with van der Waals surface area (Å²) in [5.41, 5.74) is 0.348. The van der Waals surface area contributed by atoms with Crippen molar-refractivity contribution in [3.63, 3.8) is 0 Å². The molecule has 45 heavy (non-hydrogen) atoms. The molecular formula is C32H33F3N6O4. The van der Waals surface area contributed by atoms with E-state index in [2.05, 4.69) is 27.1 Å². The van der Waals surface area contributed by atoms with E-state index in [4.69, 9.17) is 9.47 Å². The molecule has 2 atom stereocenters. The largest absolute Gasteiger partial charge is 0.497 e. The van der Waals surface area contributed by atoms with Crippen LogP contribution >= 0.6 is 0 Å². The molecule has 10 nitrogen and oxygen atoms in total. The van der Waals surface area contributed by atoms with Crippen LogP contribution in [-0.4, -0.2) is 73.0 Å². The van der Waals surface area contributed by atoms with Crippen molar-refractivity contribution in [1.29, 1.82) is 0 Å². The van der Waals surface area contributed by atoms with Crippen molar-refractivity contribution in [2.75, 3.05) is 56.0 Å². The Hall–Kier alpha value is -5.04. The zero-order chi connectivity index (χ0) is 32.2. The number of amides is 1. The number of hydrogen-bond acceptors (Lipinski definition) is 8. The van der Waals surface area contributed by atoms with Crippen molar-refractivity contribution in [3.8, 4) is 11.5 Å². The first-order chi connectivity index (χ1) is 21.6. The summed E-state index contributed by atoms with van der Waals surface area (Å²) < 4.78 is 56.7. The average Bonchev–Trinajstić information content (AvgIpc) is 3.01. The number of ether oxygens (including phenoxy) is 2. The smallest absolute Gasteiger partial charge is 0.413 e. The second-order valence-electron chi connectivity index (χ2n) is 10.6. The summed E-state index contributed by atoms with van der Waals surface area (Å²) in [6.07, 6.45) is -0.275. The number of likely N-dealkylation sites (N-methyl/N-ethyl adjacent to an activating group) is 1. The molecule has 1 amide bonds. The summed E-state index contributed by atoms with van der Waals surface area (Å²) in [5.74, 6) is -2.21. The number of nitrogens with one attached hydrogen (secondary N) is 1. The first kappa shape index (κ1) is 31.4. The molecule has 2 N–H and O–H groups in total. The van der Waals surface area contributed by atoms with E-state index in [0.717, 1.165) is 18.7 Å². The zero-order valence-corrected chi connectivity index (χ0v) is 25.2. The predicted octanol–water partition coefficient (Wildman–Crippen LogP) is 6.07. The number of hydrogen-bond donors (Lipinski definition) is 2. The van der Waals surface area contributed by atoms with Crippen LogP contribution in [0.4, 0.5) is 41.1 Å². The molecule has 3 aromatic carbocycles. The third-order valence-corrected chi connectivity index (χ3v) is 7.86. The minimum Gasteiger partial charge on any atom is -0.497 e. The van der Waals surface area contributed by atoms with E-state index < -0.39 is 35.2 Å². The fourth-order valence-corrected chi connectivity index (χ4v) is 5.37. The van der Waals surface area contributed by atoms with Gasteiger partial charge in [-0.15, -0.1) is 0 Å². The van der Waals surface area contributed by atoms with Crippen LogP contribution in [0.15, 0.2) is 66.9 Å². The Bertz CT molecular complexity index is 1670. The van der Waals surface area contributed by atoms with Gasteiger partial charge < -0.3 is 29.7 Å². The van der Waals surface area contributed by atoms with Crippen LogP contribution in [0.3, 0.4) is 0 Å². The summed E-state index contributed by atoms with van der Waals surface area (Å²) in [4.78, 5) is 26.3. The van der Waals surface area contributed by atoms with E-state index in [0.29, 0.717) is 35.1 Å². The molecule has 1 saturated heterocycles. The maximum absolute atomic E-state index is 15.3. The van der Waals surface area contributed by atoms with Crippen LogP contribution in [0, 0.1) is 17.5 Å². The van der Waals surface area contributed by atoms with Gasteiger partial charge in [-0.25, -0.2) is 27.8 Å². The number of piperazine rings is 1. The van der Waals surface area contributed by atoms with Crippen LogP contribution in [0.2, 0.25) is 0 Å². The third-order valence-electron chi connectivity index (χ3n) is 7.86. The van der Waals surface area contributed by atoms with Gasteiger partial charge in [-0.2, -0.15) is 4.98 Å². The molecule has 2 unspecified atom stereocenters. The Kier molecular flexibility index (Phi) is 9.28. The number of rotatable bonds is 9. The minimum absolute atomic E-state index is 0.0653. The van der Waals surface area contributed by atoms with Crippen LogP contribution in [-0.2, 0) is 0 Å². The fraction of sp³-hybridized carbons (Fsp3) is 0.281. The van der Waals surface area contributed by atoms with Crippen molar-refractivity contribution >= 4 is 29.2 Å². The number of methoxy groups -OCH3 is 2. The van der Waals surface area contributed by atoms with Crippen molar-refractivity contribution < 1.29 is 32.5 Å². The van der Waals surface area contributed by atoms with Gasteiger partial charge in [-0.3, -0.25) is 0 Å². The van der Waals surface area contributed by atoms with Crippen LogP contribution in [0.1, 0.15) is 24.1 Å². The zero-order valence-electron chi connectivity index (χ0n) is 25.2. The van der Waals surface area contributed by atoms with Crippen LogP contribution in [0.25, 0.3) is 0 Å². The quantitative estimate of drug-likeness (QED) is 0.230. The lowest BCUT2D eigenvalue weighted by Gasteiger charge is -2.39. The van der Waals surface area contributed by atoms with Gasteiger partial charge in [0.25, 0.3) is 0 Å². The van der Waals surface area contributed by atoms with Gasteiger partial charge in [0.15, 0.2) is 0 Å². The van der Waals surface area contributed by atoms with E-state index in [9.17, 15) is 9.90 Å². The molecule has 236 valence electrons. The topological polar surface area (TPSA) is 103 Å². The molecule has 1 fully saturated rings. The molecule has 1 aromatic heterocycles. The summed E-state index contributed by atoms with van der Waals surface area (Å²) in [6, 6.07) is 12.4. The highest BCUT2D eigenvalue weighted by Crippen LogP contribution is 2.41. The highest BCUT2D eigenvalue weighted by molar-refractivity contribution is 5.87. The lowest BCUT2D eigenvalue weighted by Crippen LogP contribution is -2.50. The second kappa shape index (κ2) is 13.3. The second-order valence-corrected chi connectivity index (χ2v) is 10.6. The summed E-state index contributed by atoms with van der Waals surface area (Å²) in [7, 11) is 4.79. The molecule has 1 aliphatic heterocycles. The Morgan fingerprint density at radius 2 is 1.78 bits per heavy atom. The highest BCUT2D eigenvalue weighted by Gasteiger charge is 2.36. The van der Waals surface area contributed by atoms with Gasteiger partial charge in [-0.05, 0) is 68.6 Å². The van der Waals surface area contributed by atoms with E-state index in [1.54, 1.807) is 18.2 Å². The van der Waals surface area contributed by atoms with Gasteiger partial charge in [-0.1, -0.05) is 6.07 Å². The predicted molar refractivity (Wildman–Crippen MR) is 164 cm³/mol. The van der Waals surface area contributed by atoms with Gasteiger partial charge in [0.05, 0.1) is 25.5 Å². The fourth-order valence-electron chi connectivity index (χ4n) is 5.37. The number of carboxylic acid groups (broad SMARTS) is 1. The van der Waals surface area contributed by atoms with E-state index in [1.807, 2.05) is 11.9 Å². The van der Waals surface area contributed by atoms with Gasteiger partial charge in [0.2, 0.25) is 5.95 Å². The van der Waals surface area contributed by atoms with E-state index in [-0.39, 0.29) is 29.1 Å². The summed E-state index contributed by atoms with van der Waals surface area (Å²) in [6.45, 7) is 4.25. The lowest BCUT2D eigenvalue weighted by molar-refractivity contribution is 0.199. The molecule has 5 rings (SSSR count). The maximum atomic E-state index is 15.3. The molecular weight excluding hydrogens is 589 g/mol. The number of carbonyl (C=O) groups is 1. The molecule has 13 heteroatoms. The standard InChI is InChI=1S/C32H33F3N6O4/c1-19-18-40(15-14-39(19)2)26-10-8-20(16-25(26)35)37-31-36-13-12-28(38-31)41(32(42)43)30(29-23(33)6-5-7-24(29)34)22-17-21(44-3)9-11-27(22)45-4/h5-13,16-17,19,30H,14-15,18H2,1-4H3,(H,42,43)(H,36,37,38). The van der Waals surface area contributed by atoms with Crippen molar-refractivity contribution in [3.05, 3.63) is 95.4 Å². The molecule has 4 aromatic rings. The number of benzene rings is 3. The molecule has 2 heterocycles. The molecule has 0 spiro atoms. The first-order valence-electron chi connectivity index (χ1n) is 14.1. The molecule has 1 aliphatic rings. The number of halogens is 3. The SMILES string of the molecule is COc1ccc(OC)c(C(c2c(F)cccc2F)N(C(=O)O)c2ccnc(Nc3ccc(N4CCN(C)C(C)C4)c(F)c3)n2)c1. The molecule has 0 bridgehead atoms. The van der Waals surface area contributed by atoms with Gasteiger partial charge >= 0.3 is 6.09 Å². The van der Waals surface area contributed by atoms with Gasteiger partial charge in [0.1, 0.15) is 40.8 Å². The lowest BCUT2D eigenvalue weighted by atomic mass is 9.95. The molecule has 0 aliphatic carbocycles. The highest BCUT2D eigenvalue weighted by atomic mass is 19.1. The maximum Gasteiger partial charge on any atom is 0.413 e. The summed E-state index contributed by atoms with van der Waals surface area (Å²) in [5, 5.41) is 13.4. The van der Waals surface area contributed by atoms with Gasteiger partial charge in [0, 0.05) is 43.1 Å². The van der Waals surface area contributed by atoms with Crippen molar-refractivity contribution in [1.82, 2.24) is 14.9 Å². The van der Waals surface area contributed by atoms with E-state index >= 15 is 13.2 Å². The normalized spacial score (nSPS) is 15.8. The molecule has 0 saturated carbocycles. The Morgan fingerprint density at radius 3 is 2.42 bits per heavy atom. The first-order valence-corrected chi connectivity index (χ1v) is 14.1. The number of nitrogens with zero attached hydrogens (tertiary/aromatic N) is 5. The van der Waals surface area contributed by atoms with E-state index in [1.165, 1.54) is 50.7 Å². The number of aromatic nitrogens is 2. The van der Waals surface area contributed by atoms with Crippen molar-refractivity contribution in [2.24, 2.45) is 0 Å². The Morgan fingerprint density at radius 1 is 1.02 bits per heavy atom. The van der Waals surface area contributed by atoms with Crippen LogP contribution in [0.5, 0.6) is 11.5 Å².